The van der Waals surface area contributed by atoms with Gasteiger partial charge in [-0.15, -0.1) is 0 Å². The summed E-state index contributed by atoms with van der Waals surface area (Å²) in [4.78, 5) is 33.7. The van der Waals surface area contributed by atoms with E-state index in [1.165, 1.54) is 4.90 Å². The van der Waals surface area contributed by atoms with Crippen LogP contribution < -0.4 is 0 Å². The fraction of sp³-hybridized carbons (Fsp3) is 0.348. The van der Waals surface area contributed by atoms with Crippen molar-refractivity contribution in [2.75, 3.05) is 19.6 Å². The summed E-state index contributed by atoms with van der Waals surface area (Å²) in [7, 11) is 0. The van der Waals surface area contributed by atoms with E-state index in [0.717, 1.165) is 28.7 Å². The molecular weight excluding hydrogens is 350 g/mol. The average molecular weight is 377 g/mol. The van der Waals surface area contributed by atoms with Gasteiger partial charge in [-0.3, -0.25) is 19.5 Å². The highest BCUT2D eigenvalue weighted by Gasteiger charge is 2.40. The van der Waals surface area contributed by atoms with E-state index >= 15 is 0 Å². The van der Waals surface area contributed by atoms with Gasteiger partial charge in [0.05, 0.1) is 5.57 Å². The molecule has 0 fully saturated rings. The molecule has 0 radical (unpaired) electrons. The quantitative estimate of drug-likeness (QED) is 0.695. The van der Waals surface area contributed by atoms with Gasteiger partial charge in [-0.05, 0) is 62.9 Å². The minimum absolute atomic E-state index is 0.195. The molecule has 0 atom stereocenters. The SMILES string of the molecule is CCN(CCc1ccncc1)C1=C(c2ccc(C)cc2C)C(=O)N(CC)C1=O. The first-order valence-corrected chi connectivity index (χ1v) is 9.79. The smallest absolute Gasteiger partial charge is 0.277 e. The third-order valence-electron chi connectivity index (χ3n) is 5.23. The molecule has 0 bridgehead atoms. The predicted molar refractivity (Wildman–Crippen MR) is 110 cm³/mol. The van der Waals surface area contributed by atoms with Gasteiger partial charge in [-0.25, -0.2) is 0 Å². The van der Waals surface area contributed by atoms with Crippen molar-refractivity contribution in [1.82, 2.24) is 14.8 Å². The van der Waals surface area contributed by atoms with Crippen LogP contribution in [-0.4, -0.2) is 46.2 Å². The Labute approximate surface area is 166 Å². The standard InChI is InChI=1S/C23H27N3O2/c1-5-25(14-11-18-9-12-24-13-10-18)21-20(22(27)26(6-2)23(21)28)19-8-7-16(3)15-17(19)4/h7-10,12-13,15H,5-6,11,14H2,1-4H3. The van der Waals surface area contributed by atoms with Crippen LogP contribution in [0.2, 0.25) is 0 Å². The Morgan fingerprint density at radius 3 is 2.32 bits per heavy atom. The highest BCUT2D eigenvalue weighted by atomic mass is 16.2. The van der Waals surface area contributed by atoms with Gasteiger partial charge in [0.2, 0.25) is 0 Å². The summed E-state index contributed by atoms with van der Waals surface area (Å²) in [6.45, 7) is 9.58. The van der Waals surface area contributed by atoms with Crippen molar-refractivity contribution in [2.45, 2.75) is 34.1 Å². The molecule has 28 heavy (non-hydrogen) atoms. The zero-order valence-electron chi connectivity index (χ0n) is 17.0. The van der Waals surface area contributed by atoms with Crippen molar-refractivity contribution in [3.8, 4) is 0 Å². The van der Waals surface area contributed by atoms with Crippen LogP contribution in [-0.2, 0) is 16.0 Å². The van der Waals surface area contributed by atoms with Gasteiger partial charge < -0.3 is 4.90 Å². The molecule has 1 aromatic carbocycles. The van der Waals surface area contributed by atoms with Crippen LogP contribution in [0.3, 0.4) is 0 Å². The molecule has 1 aliphatic rings. The van der Waals surface area contributed by atoms with E-state index in [-0.39, 0.29) is 11.8 Å². The molecule has 0 spiro atoms. The van der Waals surface area contributed by atoms with Crippen LogP contribution in [0.15, 0.2) is 48.4 Å². The van der Waals surface area contributed by atoms with Crippen LogP contribution in [0, 0.1) is 13.8 Å². The van der Waals surface area contributed by atoms with Gasteiger partial charge >= 0.3 is 0 Å². The molecule has 0 unspecified atom stereocenters. The van der Waals surface area contributed by atoms with Gasteiger partial charge in [0.25, 0.3) is 11.8 Å². The molecule has 0 saturated carbocycles. The van der Waals surface area contributed by atoms with Gasteiger partial charge in [0.15, 0.2) is 0 Å². The van der Waals surface area contributed by atoms with E-state index in [1.54, 1.807) is 12.4 Å². The van der Waals surface area contributed by atoms with Crippen molar-refractivity contribution < 1.29 is 9.59 Å². The lowest BCUT2D eigenvalue weighted by Crippen LogP contribution is -2.35. The molecule has 2 aromatic rings. The second-order valence-electron chi connectivity index (χ2n) is 7.08. The molecule has 5 nitrogen and oxygen atoms in total. The first kappa shape index (κ1) is 19.8. The van der Waals surface area contributed by atoms with Crippen LogP contribution in [0.25, 0.3) is 5.57 Å². The van der Waals surface area contributed by atoms with Crippen LogP contribution in [0.1, 0.15) is 36.1 Å². The Balaban J connectivity index is 2.03. The fourth-order valence-corrected chi connectivity index (χ4v) is 3.72. The van der Waals surface area contributed by atoms with Gasteiger partial charge in [-0.2, -0.15) is 0 Å². The van der Waals surface area contributed by atoms with Gasteiger partial charge in [0.1, 0.15) is 5.70 Å². The number of amides is 2. The molecule has 0 saturated heterocycles. The molecule has 0 N–H and O–H groups in total. The van der Waals surface area contributed by atoms with E-state index in [9.17, 15) is 9.59 Å². The zero-order chi connectivity index (χ0) is 20.3. The van der Waals surface area contributed by atoms with Crippen molar-refractivity contribution >= 4 is 17.4 Å². The number of rotatable bonds is 7. The van der Waals surface area contributed by atoms with Crippen molar-refractivity contribution in [2.24, 2.45) is 0 Å². The molecule has 146 valence electrons. The monoisotopic (exact) mass is 377 g/mol. The number of likely N-dealkylation sites (N-methyl/N-ethyl adjacent to an activating group) is 2. The molecule has 3 rings (SSSR count). The van der Waals surface area contributed by atoms with Crippen LogP contribution in [0.5, 0.6) is 0 Å². The fourth-order valence-electron chi connectivity index (χ4n) is 3.72. The predicted octanol–water partition coefficient (Wildman–Crippen LogP) is 3.36. The Bertz CT molecular complexity index is 919. The summed E-state index contributed by atoms with van der Waals surface area (Å²) < 4.78 is 0. The van der Waals surface area contributed by atoms with Crippen LogP contribution >= 0.6 is 0 Å². The summed E-state index contributed by atoms with van der Waals surface area (Å²) in [5.74, 6) is -0.393. The number of hydrogen-bond donors (Lipinski definition) is 0. The van der Waals surface area contributed by atoms with Crippen molar-refractivity contribution in [3.63, 3.8) is 0 Å². The topological polar surface area (TPSA) is 53.5 Å². The van der Waals surface area contributed by atoms with E-state index < -0.39 is 0 Å². The first-order valence-electron chi connectivity index (χ1n) is 9.79. The maximum Gasteiger partial charge on any atom is 0.277 e. The van der Waals surface area contributed by atoms with Crippen LogP contribution in [0.4, 0.5) is 0 Å². The molecule has 2 heterocycles. The lowest BCUT2D eigenvalue weighted by atomic mass is 9.97. The minimum Gasteiger partial charge on any atom is -0.366 e. The summed E-state index contributed by atoms with van der Waals surface area (Å²) >= 11 is 0. The van der Waals surface area contributed by atoms with E-state index in [4.69, 9.17) is 0 Å². The summed E-state index contributed by atoms with van der Waals surface area (Å²) in [6, 6.07) is 9.97. The number of imide groups is 1. The lowest BCUT2D eigenvalue weighted by Gasteiger charge is -2.25. The largest absolute Gasteiger partial charge is 0.366 e. The highest BCUT2D eigenvalue weighted by Crippen LogP contribution is 2.33. The third kappa shape index (κ3) is 3.70. The molecular formula is C23H27N3O2. The minimum atomic E-state index is -0.197. The number of nitrogens with zero attached hydrogens (tertiary/aromatic N) is 3. The summed E-state index contributed by atoms with van der Waals surface area (Å²) in [6.07, 6.45) is 4.33. The van der Waals surface area contributed by atoms with E-state index in [1.807, 2.05) is 56.9 Å². The number of aryl methyl sites for hydroxylation is 2. The number of aromatic nitrogens is 1. The average Bonchev–Trinajstić information content (AvgIpc) is 2.93. The number of benzene rings is 1. The number of carbonyl (C=O) groups excluding carboxylic acids is 2. The van der Waals surface area contributed by atoms with E-state index in [0.29, 0.717) is 30.9 Å². The van der Waals surface area contributed by atoms with E-state index in [2.05, 4.69) is 11.1 Å². The normalized spacial score (nSPS) is 14.2. The maximum atomic E-state index is 13.1. The maximum absolute atomic E-state index is 13.1. The lowest BCUT2D eigenvalue weighted by molar-refractivity contribution is -0.137. The zero-order valence-corrected chi connectivity index (χ0v) is 17.0. The van der Waals surface area contributed by atoms with Crippen molar-refractivity contribution in [3.05, 3.63) is 70.7 Å². The van der Waals surface area contributed by atoms with Gasteiger partial charge in [0, 0.05) is 32.0 Å². The van der Waals surface area contributed by atoms with Gasteiger partial charge in [-0.1, -0.05) is 23.8 Å². The Hall–Kier alpha value is -2.95. The third-order valence-corrected chi connectivity index (χ3v) is 5.23. The second-order valence-corrected chi connectivity index (χ2v) is 7.08. The Kier molecular flexibility index (Phi) is 5.93. The molecule has 0 aliphatic carbocycles. The molecule has 1 aromatic heterocycles. The summed E-state index contributed by atoms with van der Waals surface area (Å²) in [5, 5.41) is 0. The number of pyridine rings is 1. The second kappa shape index (κ2) is 8.38. The Morgan fingerprint density at radius 1 is 1.00 bits per heavy atom. The molecule has 1 aliphatic heterocycles. The molecule has 2 amide bonds. The molecule has 5 heteroatoms. The van der Waals surface area contributed by atoms with Crippen molar-refractivity contribution in [1.29, 1.82) is 0 Å². The number of hydrogen-bond acceptors (Lipinski definition) is 4. The summed E-state index contributed by atoms with van der Waals surface area (Å²) in [5.41, 5.74) is 5.20. The highest BCUT2D eigenvalue weighted by molar-refractivity contribution is 6.35. The Morgan fingerprint density at radius 2 is 1.71 bits per heavy atom. The number of carbonyl (C=O) groups is 2. The first-order chi connectivity index (χ1) is 13.5.